The van der Waals surface area contributed by atoms with Crippen molar-refractivity contribution in [3.63, 3.8) is 0 Å². The first kappa shape index (κ1) is 20.6. The zero-order chi connectivity index (χ0) is 21.5. The standard InChI is InChI=1S/C20H19F3N4O2/c1-11-6-12(2)8-15(7-11)27-17-9-14(20(21,22)23)4-5-16(17)18(19(27)29)13(3)26(10-28)25-24/h4-10,25H,24H2,1-3H3/b18-13-. The molecule has 0 saturated carbocycles. The number of hydrazine groups is 2. The SMILES string of the molecule is C/C(=C1/C(=O)N(c2cc(C)cc(C)c2)c2cc(C(F)(F)F)ccc21)N(C=O)NN. The van der Waals surface area contributed by atoms with Crippen LogP contribution in [0.4, 0.5) is 24.5 Å². The first-order valence-electron chi connectivity index (χ1n) is 8.64. The van der Waals surface area contributed by atoms with Crippen LogP contribution in [0.15, 0.2) is 42.1 Å². The highest BCUT2D eigenvalue weighted by molar-refractivity contribution is 6.35. The third kappa shape index (κ3) is 3.62. The maximum absolute atomic E-state index is 13.3. The summed E-state index contributed by atoms with van der Waals surface area (Å²) in [4.78, 5) is 25.8. The molecule has 2 aromatic rings. The molecule has 0 bridgehead atoms. The van der Waals surface area contributed by atoms with Crippen LogP contribution in [0, 0.1) is 13.8 Å². The molecule has 0 radical (unpaired) electrons. The van der Waals surface area contributed by atoms with Crippen LogP contribution in [0.5, 0.6) is 0 Å². The summed E-state index contributed by atoms with van der Waals surface area (Å²) in [6.45, 7) is 5.14. The van der Waals surface area contributed by atoms with E-state index in [-0.39, 0.29) is 22.5 Å². The number of carbonyl (C=O) groups is 2. The van der Waals surface area contributed by atoms with Crippen LogP contribution in [-0.2, 0) is 15.8 Å². The number of halogens is 3. The molecule has 3 rings (SSSR count). The maximum Gasteiger partial charge on any atom is 0.416 e. The molecular formula is C20H19F3N4O2. The van der Waals surface area contributed by atoms with Crippen LogP contribution in [0.3, 0.4) is 0 Å². The number of nitrogens with one attached hydrogen (secondary N) is 1. The smallest absolute Gasteiger partial charge is 0.277 e. The van der Waals surface area contributed by atoms with E-state index in [1.807, 2.05) is 19.9 Å². The van der Waals surface area contributed by atoms with Crippen LogP contribution < -0.4 is 16.3 Å². The molecule has 3 N–H and O–H groups in total. The Morgan fingerprint density at radius 3 is 2.28 bits per heavy atom. The number of nitrogens with two attached hydrogens (primary N) is 1. The van der Waals surface area contributed by atoms with E-state index < -0.39 is 17.6 Å². The normalized spacial score (nSPS) is 15.4. The number of hydrogen-bond acceptors (Lipinski definition) is 4. The molecule has 0 fully saturated rings. The summed E-state index contributed by atoms with van der Waals surface area (Å²) in [5, 5.41) is 0.889. The third-order valence-electron chi connectivity index (χ3n) is 4.68. The van der Waals surface area contributed by atoms with E-state index >= 15 is 0 Å². The molecule has 6 nitrogen and oxygen atoms in total. The number of benzene rings is 2. The first-order chi connectivity index (χ1) is 13.6. The Morgan fingerprint density at radius 2 is 1.76 bits per heavy atom. The largest absolute Gasteiger partial charge is 0.416 e. The number of alkyl halides is 3. The Morgan fingerprint density at radius 1 is 1.14 bits per heavy atom. The van der Waals surface area contributed by atoms with Gasteiger partial charge in [-0.1, -0.05) is 12.1 Å². The Kier molecular flexibility index (Phi) is 5.20. The molecule has 1 heterocycles. The number of anilines is 2. The third-order valence-corrected chi connectivity index (χ3v) is 4.68. The van der Waals surface area contributed by atoms with Gasteiger partial charge in [-0.05, 0) is 56.2 Å². The van der Waals surface area contributed by atoms with E-state index in [1.54, 1.807) is 12.1 Å². The van der Waals surface area contributed by atoms with Gasteiger partial charge in [-0.2, -0.15) is 18.7 Å². The molecule has 0 atom stereocenters. The minimum atomic E-state index is -4.57. The second-order valence-electron chi connectivity index (χ2n) is 6.78. The number of aryl methyl sites for hydroxylation is 2. The average Bonchev–Trinajstić information content (AvgIpc) is 2.92. The lowest BCUT2D eigenvalue weighted by molar-refractivity contribution is -0.137. The minimum Gasteiger partial charge on any atom is -0.277 e. The topological polar surface area (TPSA) is 78.7 Å². The van der Waals surface area contributed by atoms with Crippen LogP contribution in [-0.4, -0.2) is 17.3 Å². The first-order valence-corrected chi connectivity index (χ1v) is 8.64. The fraction of sp³-hybridized carbons (Fsp3) is 0.200. The van der Waals surface area contributed by atoms with Gasteiger partial charge in [0.2, 0.25) is 6.41 Å². The number of nitrogens with zero attached hydrogens (tertiary/aromatic N) is 2. The van der Waals surface area contributed by atoms with Crippen molar-refractivity contribution in [3.8, 4) is 0 Å². The van der Waals surface area contributed by atoms with Crippen LogP contribution >= 0.6 is 0 Å². The number of fused-ring (bicyclic) bond motifs is 1. The van der Waals surface area contributed by atoms with Gasteiger partial charge in [0.1, 0.15) is 0 Å². The van der Waals surface area contributed by atoms with Gasteiger partial charge in [0.25, 0.3) is 5.91 Å². The summed E-state index contributed by atoms with van der Waals surface area (Å²) in [5.41, 5.74) is 4.04. The van der Waals surface area contributed by atoms with Gasteiger partial charge in [0, 0.05) is 16.9 Å². The van der Waals surface area contributed by atoms with E-state index in [9.17, 15) is 22.8 Å². The average molecular weight is 404 g/mol. The molecule has 2 aromatic carbocycles. The zero-order valence-corrected chi connectivity index (χ0v) is 16.0. The van der Waals surface area contributed by atoms with Crippen LogP contribution in [0.25, 0.3) is 5.57 Å². The predicted octanol–water partition coefficient (Wildman–Crippen LogP) is 3.57. The van der Waals surface area contributed by atoms with E-state index in [0.29, 0.717) is 12.1 Å². The second kappa shape index (κ2) is 7.34. The second-order valence-corrected chi connectivity index (χ2v) is 6.78. The molecule has 152 valence electrons. The van der Waals surface area contributed by atoms with E-state index in [0.717, 1.165) is 28.3 Å². The zero-order valence-electron chi connectivity index (χ0n) is 16.0. The lowest BCUT2D eigenvalue weighted by atomic mass is 10.0. The molecule has 9 heteroatoms. The Balaban J connectivity index is 2.31. The minimum absolute atomic E-state index is 0.0814. The van der Waals surface area contributed by atoms with Gasteiger partial charge < -0.3 is 0 Å². The molecule has 2 amide bonds. The van der Waals surface area contributed by atoms with Crippen molar-refractivity contribution in [3.05, 3.63) is 64.3 Å². The summed E-state index contributed by atoms with van der Waals surface area (Å²) >= 11 is 0. The molecule has 0 unspecified atom stereocenters. The fourth-order valence-electron chi connectivity index (χ4n) is 3.45. The summed E-state index contributed by atoms with van der Waals surface area (Å²) < 4.78 is 39.9. The van der Waals surface area contributed by atoms with Gasteiger partial charge >= 0.3 is 6.18 Å². The van der Waals surface area contributed by atoms with E-state index in [2.05, 4.69) is 5.53 Å². The van der Waals surface area contributed by atoms with Crippen LogP contribution in [0.1, 0.15) is 29.2 Å². The van der Waals surface area contributed by atoms with Crippen molar-refractivity contribution in [2.24, 2.45) is 5.84 Å². The highest BCUT2D eigenvalue weighted by atomic mass is 19.4. The quantitative estimate of drug-likeness (QED) is 0.354. The lowest BCUT2D eigenvalue weighted by Gasteiger charge is -2.20. The lowest BCUT2D eigenvalue weighted by Crippen LogP contribution is -2.41. The van der Waals surface area contributed by atoms with Gasteiger partial charge in [-0.25, -0.2) is 5.01 Å². The summed E-state index contributed by atoms with van der Waals surface area (Å²) in [6, 6.07) is 8.40. The summed E-state index contributed by atoms with van der Waals surface area (Å²) in [6.07, 6.45) is -4.19. The predicted molar refractivity (Wildman–Crippen MR) is 102 cm³/mol. The molecule has 1 aliphatic heterocycles. The number of allylic oxidation sites excluding steroid dienone is 1. The Hall–Kier alpha value is -3.17. The molecule has 0 aromatic heterocycles. The van der Waals surface area contributed by atoms with Crippen molar-refractivity contribution in [2.75, 3.05) is 4.90 Å². The summed E-state index contributed by atoms with van der Waals surface area (Å²) in [5.74, 6) is 4.77. The van der Waals surface area contributed by atoms with Crippen molar-refractivity contribution in [1.82, 2.24) is 10.5 Å². The number of amides is 2. The highest BCUT2D eigenvalue weighted by Gasteiger charge is 2.39. The highest BCUT2D eigenvalue weighted by Crippen LogP contribution is 2.45. The number of hydrogen-bond donors (Lipinski definition) is 2. The molecule has 1 aliphatic rings. The molecular weight excluding hydrogens is 385 g/mol. The van der Waals surface area contributed by atoms with Gasteiger partial charge in [-0.15, -0.1) is 0 Å². The number of carbonyl (C=O) groups excluding carboxylic acids is 2. The Bertz CT molecular complexity index is 1010. The monoisotopic (exact) mass is 404 g/mol. The van der Waals surface area contributed by atoms with Gasteiger partial charge in [-0.3, -0.25) is 20.3 Å². The van der Waals surface area contributed by atoms with Gasteiger partial charge in [0.05, 0.1) is 16.8 Å². The molecule has 0 spiro atoms. The Labute approximate surface area is 165 Å². The molecule has 0 aliphatic carbocycles. The fourth-order valence-corrected chi connectivity index (χ4v) is 3.45. The molecule has 29 heavy (non-hydrogen) atoms. The number of rotatable bonds is 4. The molecule has 0 saturated heterocycles. The van der Waals surface area contributed by atoms with E-state index in [4.69, 9.17) is 5.84 Å². The maximum atomic E-state index is 13.3. The summed E-state index contributed by atoms with van der Waals surface area (Å²) in [7, 11) is 0. The van der Waals surface area contributed by atoms with Crippen molar-refractivity contribution in [2.45, 2.75) is 26.9 Å². The van der Waals surface area contributed by atoms with E-state index in [1.165, 1.54) is 17.9 Å². The van der Waals surface area contributed by atoms with Crippen molar-refractivity contribution < 1.29 is 22.8 Å². The van der Waals surface area contributed by atoms with Crippen molar-refractivity contribution in [1.29, 1.82) is 0 Å². The van der Waals surface area contributed by atoms with Crippen LogP contribution in [0.2, 0.25) is 0 Å². The van der Waals surface area contributed by atoms with Gasteiger partial charge in [0.15, 0.2) is 0 Å². The van der Waals surface area contributed by atoms with Crippen molar-refractivity contribution >= 4 is 29.3 Å².